The summed E-state index contributed by atoms with van der Waals surface area (Å²) in [6.07, 6.45) is 4.36. The number of benzene rings is 1. The average Bonchev–Trinajstić information content (AvgIpc) is 2.82. The number of aryl methyl sites for hydroxylation is 2. The lowest BCUT2D eigenvalue weighted by Crippen LogP contribution is -2.10. The van der Waals surface area contributed by atoms with Crippen LogP contribution in [-0.2, 0) is 11.2 Å². The van der Waals surface area contributed by atoms with Gasteiger partial charge < -0.3 is 4.57 Å². The van der Waals surface area contributed by atoms with Gasteiger partial charge in [0, 0.05) is 31.8 Å². The van der Waals surface area contributed by atoms with Crippen molar-refractivity contribution in [2.75, 3.05) is 0 Å². The van der Waals surface area contributed by atoms with Crippen LogP contribution in [0.15, 0.2) is 36.7 Å². The van der Waals surface area contributed by atoms with Gasteiger partial charge in [-0.15, -0.1) is 0 Å². The molecule has 0 radical (unpaired) electrons. The molecule has 0 fully saturated rings. The molecule has 0 saturated heterocycles. The Balaban J connectivity index is 2.31. The van der Waals surface area contributed by atoms with Crippen molar-refractivity contribution in [3.05, 3.63) is 53.3 Å². The molecule has 0 N–H and O–H groups in total. The molecule has 0 aliphatic heterocycles. The first-order chi connectivity index (χ1) is 9.51. The van der Waals surface area contributed by atoms with Crippen LogP contribution in [0.3, 0.4) is 0 Å². The maximum Gasteiger partial charge on any atom is 0.139 e. The molecule has 2 aromatic rings. The second-order valence-electron chi connectivity index (χ2n) is 5.35. The van der Waals surface area contributed by atoms with Crippen molar-refractivity contribution in [1.29, 1.82) is 0 Å². The van der Waals surface area contributed by atoms with Crippen molar-refractivity contribution >= 4 is 5.78 Å². The third kappa shape index (κ3) is 3.14. The maximum atomic E-state index is 11.9. The van der Waals surface area contributed by atoms with Crippen LogP contribution in [0, 0.1) is 19.7 Å². The van der Waals surface area contributed by atoms with Crippen molar-refractivity contribution in [1.82, 2.24) is 4.57 Å². The molecule has 0 amide bonds. The fourth-order valence-electron chi connectivity index (χ4n) is 1.96. The Morgan fingerprint density at radius 2 is 1.95 bits per heavy atom. The van der Waals surface area contributed by atoms with Crippen molar-refractivity contribution in [3.63, 3.8) is 0 Å². The normalized spacial score (nSPS) is 11.7. The number of ketones is 1. The summed E-state index contributed by atoms with van der Waals surface area (Å²) < 4.78 is 9.63. The molecule has 0 saturated carbocycles. The monoisotopic (exact) mass is 256 g/mol. The van der Waals surface area contributed by atoms with Crippen LogP contribution >= 0.6 is 0 Å². The summed E-state index contributed by atoms with van der Waals surface area (Å²) in [5, 5.41) is 0. The summed E-state index contributed by atoms with van der Waals surface area (Å²) in [5.41, 5.74) is 4.18. The van der Waals surface area contributed by atoms with Gasteiger partial charge in [0.15, 0.2) is 0 Å². The highest BCUT2D eigenvalue weighted by atomic mass is 16.1. The van der Waals surface area contributed by atoms with E-state index >= 15 is 0 Å². The van der Waals surface area contributed by atoms with Gasteiger partial charge in [0.05, 0.1) is 0 Å². The van der Waals surface area contributed by atoms with Gasteiger partial charge in [-0.1, -0.05) is 31.5 Å². The number of carbonyl (C=O) groups excluding carboxylic acids is 1. The highest BCUT2D eigenvalue weighted by molar-refractivity contribution is 5.82. The lowest BCUT2D eigenvalue weighted by atomic mass is 10.0. The zero-order chi connectivity index (χ0) is 14.7. The molecule has 0 unspecified atom stereocenters. The van der Waals surface area contributed by atoms with E-state index in [9.17, 15) is 4.79 Å². The predicted molar refractivity (Wildman–Crippen MR) is 78.8 cm³/mol. The van der Waals surface area contributed by atoms with Crippen LogP contribution in [0.2, 0.25) is 0 Å². The fourth-order valence-corrected chi connectivity index (χ4v) is 1.96. The minimum Gasteiger partial charge on any atom is -0.323 e. The zero-order valence-electron chi connectivity index (χ0n) is 12.8. The number of nitrogens with zero attached hydrogens (tertiary/aromatic N) is 1. The van der Waals surface area contributed by atoms with Crippen LogP contribution in [-0.4, -0.2) is 10.4 Å². The van der Waals surface area contributed by atoms with E-state index in [4.69, 9.17) is 1.37 Å². The molecule has 100 valence electrons. The van der Waals surface area contributed by atoms with Crippen molar-refractivity contribution in [2.24, 2.45) is 5.92 Å². The van der Waals surface area contributed by atoms with Gasteiger partial charge in [0.25, 0.3) is 0 Å². The molecule has 0 bridgehead atoms. The first-order valence-corrected chi connectivity index (χ1v) is 6.60. The van der Waals surface area contributed by atoms with E-state index in [1.807, 2.05) is 30.8 Å². The van der Waals surface area contributed by atoms with Crippen LogP contribution < -0.4 is 0 Å². The summed E-state index contributed by atoms with van der Waals surface area (Å²) in [4.78, 5) is 11.9. The van der Waals surface area contributed by atoms with E-state index in [1.54, 1.807) is 0 Å². The second kappa shape index (κ2) is 5.43. The smallest absolute Gasteiger partial charge is 0.139 e. The number of aromatic nitrogens is 1. The predicted octanol–water partition coefficient (Wildman–Crippen LogP) is 3.86. The lowest BCUT2D eigenvalue weighted by Gasteiger charge is -2.04. The van der Waals surface area contributed by atoms with E-state index in [2.05, 4.69) is 31.2 Å². The summed E-state index contributed by atoms with van der Waals surface area (Å²) >= 11 is 0. The van der Waals surface area contributed by atoms with Crippen molar-refractivity contribution < 1.29 is 6.17 Å². The topological polar surface area (TPSA) is 22.0 Å². The Morgan fingerprint density at radius 1 is 1.26 bits per heavy atom. The minimum absolute atomic E-state index is 0.0382. The van der Waals surface area contributed by atoms with Crippen LogP contribution in [0.25, 0.3) is 5.69 Å². The Hall–Kier alpha value is -1.83. The third-order valence-electron chi connectivity index (χ3n) is 3.34. The Kier molecular flexibility index (Phi) is 3.49. The van der Waals surface area contributed by atoms with Gasteiger partial charge in [-0.05, 0) is 37.1 Å². The van der Waals surface area contributed by atoms with Crippen LogP contribution in [0.5, 0.6) is 0 Å². The molecule has 0 atom stereocenters. The third-order valence-corrected chi connectivity index (χ3v) is 3.34. The first-order valence-electron chi connectivity index (χ1n) is 7.30. The number of hydrogen-bond acceptors (Lipinski definition) is 1. The number of hydrogen-bond donors (Lipinski definition) is 0. The first kappa shape index (κ1) is 12.2. The zero-order valence-corrected chi connectivity index (χ0v) is 11.8. The number of carbonyl (C=O) groups is 1. The molecule has 0 aliphatic carbocycles. The number of rotatable bonds is 4. The Labute approximate surface area is 116 Å². The average molecular weight is 256 g/mol. The molecular formula is C17H21NO. The molecule has 19 heavy (non-hydrogen) atoms. The van der Waals surface area contributed by atoms with Crippen molar-refractivity contribution in [3.8, 4) is 5.69 Å². The van der Waals surface area contributed by atoms with Gasteiger partial charge in [0.2, 0.25) is 0 Å². The quantitative estimate of drug-likeness (QED) is 0.814. The largest absolute Gasteiger partial charge is 0.323 e. The summed E-state index contributed by atoms with van der Waals surface area (Å²) in [5.74, 6) is 0.262. The highest BCUT2D eigenvalue weighted by Crippen LogP contribution is 2.17. The second-order valence-corrected chi connectivity index (χ2v) is 5.35. The van der Waals surface area contributed by atoms with Crippen LogP contribution in [0.1, 0.15) is 31.9 Å². The molecule has 2 nitrogen and oxygen atoms in total. The van der Waals surface area contributed by atoms with E-state index in [0.717, 1.165) is 16.8 Å². The Bertz CT molecular complexity index is 596. The maximum absolute atomic E-state index is 11.9. The summed E-state index contributed by atoms with van der Waals surface area (Å²) in [6.45, 7) is 6.10. The molecule has 2 rings (SSSR count). The molecule has 1 aromatic carbocycles. The van der Waals surface area contributed by atoms with Gasteiger partial charge >= 0.3 is 0 Å². The van der Waals surface area contributed by atoms with Gasteiger partial charge in [-0.25, -0.2) is 0 Å². The standard InChI is InChI=1S/C17H21NO/c1-12(2)17(19)9-15-11-18(10-14(15)4)16-7-5-13(3)6-8-16/h5-8,10-12H,9H2,1-4H3/i4D. The van der Waals surface area contributed by atoms with E-state index in [0.29, 0.717) is 6.42 Å². The molecule has 1 heterocycles. The van der Waals surface area contributed by atoms with E-state index in [1.165, 1.54) is 5.56 Å². The fraction of sp³-hybridized carbons (Fsp3) is 0.353. The van der Waals surface area contributed by atoms with Crippen LogP contribution in [0.4, 0.5) is 0 Å². The molecule has 0 spiro atoms. The molecule has 2 heteroatoms. The van der Waals surface area contributed by atoms with E-state index < -0.39 is 0 Å². The van der Waals surface area contributed by atoms with Gasteiger partial charge in [0.1, 0.15) is 5.78 Å². The molecule has 0 aliphatic rings. The minimum atomic E-state index is 0.0382. The van der Waals surface area contributed by atoms with E-state index in [-0.39, 0.29) is 18.6 Å². The summed E-state index contributed by atoms with van der Waals surface area (Å²) in [7, 11) is 0. The molecule has 1 aromatic heterocycles. The van der Waals surface area contributed by atoms with Gasteiger partial charge in [-0.3, -0.25) is 4.79 Å². The SMILES string of the molecule is [2H]Cc1cn(-c2ccc(C)cc2)cc1CC(=O)C(C)C. The summed E-state index contributed by atoms with van der Waals surface area (Å²) in [6, 6.07) is 8.23. The Morgan fingerprint density at radius 3 is 2.53 bits per heavy atom. The highest BCUT2D eigenvalue weighted by Gasteiger charge is 2.12. The number of Topliss-reactive ketones (excluding diaryl/α,β-unsaturated/α-hetero) is 1. The van der Waals surface area contributed by atoms with Crippen molar-refractivity contribution in [2.45, 2.75) is 34.1 Å². The molecular weight excluding hydrogens is 234 g/mol. The van der Waals surface area contributed by atoms with Gasteiger partial charge in [-0.2, -0.15) is 0 Å². The lowest BCUT2D eigenvalue weighted by molar-refractivity contribution is -0.121.